The maximum atomic E-state index is 11.0. The van der Waals surface area contributed by atoms with Gasteiger partial charge in [0.2, 0.25) is 0 Å². The van der Waals surface area contributed by atoms with Crippen molar-refractivity contribution in [2.24, 2.45) is 11.5 Å². The molecule has 0 unspecified atom stereocenters. The fourth-order valence-electron chi connectivity index (χ4n) is 2.07. The fraction of sp³-hybridized carbons (Fsp3) is 0.909. The minimum Gasteiger partial charge on any atom is -0.351 e. The molecule has 16 heavy (non-hydrogen) atoms. The van der Waals surface area contributed by atoms with Crippen LogP contribution < -0.4 is 11.5 Å². The van der Waals surface area contributed by atoms with Crippen molar-refractivity contribution in [3.05, 3.63) is 0 Å². The molecule has 1 aliphatic heterocycles. The highest BCUT2D eigenvalue weighted by Gasteiger charge is 2.16. The number of amides is 2. The summed E-state index contributed by atoms with van der Waals surface area (Å²) in [6.07, 6.45) is 4.54. The number of unbranched alkanes of at least 4 members (excludes halogenated alkanes) is 2. The first-order valence-corrected chi connectivity index (χ1v) is 6.21. The molecule has 0 spiro atoms. The van der Waals surface area contributed by atoms with E-state index < -0.39 is 0 Å². The topological polar surface area (TPSA) is 75.6 Å². The van der Waals surface area contributed by atoms with Gasteiger partial charge in [-0.15, -0.1) is 0 Å². The van der Waals surface area contributed by atoms with Crippen molar-refractivity contribution in [3.8, 4) is 0 Å². The van der Waals surface area contributed by atoms with E-state index in [0.717, 1.165) is 52.1 Å². The predicted molar refractivity (Wildman–Crippen MR) is 65.1 cm³/mol. The van der Waals surface area contributed by atoms with Crippen LogP contribution in [0, 0.1) is 0 Å². The Balaban J connectivity index is 2.17. The van der Waals surface area contributed by atoms with Gasteiger partial charge in [-0.3, -0.25) is 0 Å². The Morgan fingerprint density at radius 3 is 2.56 bits per heavy atom. The maximum absolute atomic E-state index is 11.0. The second-order valence-corrected chi connectivity index (χ2v) is 4.37. The van der Waals surface area contributed by atoms with E-state index in [-0.39, 0.29) is 6.03 Å². The number of nitrogens with two attached hydrogens (primary N) is 2. The van der Waals surface area contributed by atoms with Crippen molar-refractivity contribution >= 4 is 6.03 Å². The summed E-state index contributed by atoms with van der Waals surface area (Å²) in [6, 6.07) is -0.287. The van der Waals surface area contributed by atoms with E-state index in [0.29, 0.717) is 0 Å². The standard InChI is InChI=1S/C11H24N4O/c12-5-2-1-3-6-14-7-4-8-15(10-9-14)11(13)16/h1-10,12H2,(H2,13,16). The normalized spacial score (nSPS) is 18.4. The zero-order chi connectivity index (χ0) is 11.8. The molecule has 0 radical (unpaired) electrons. The van der Waals surface area contributed by atoms with Crippen molar-refractivity contribution in [2.75, 3.05) is 39.3 Å². The van der Waals surface area contributed by atoms with Crippen LogP contribution in [0.25, 0.3) is 0 Å². The smallest absolute Gasteiger partial charge is 0.314 e. The van der Waals surface area contributed by atoms with E-state index in [2.05, 4.69) is 4.90 Å². The number of rotatable bonds is 5. The summed E-state index contributed by atoms with van der Waals surface area (Å²) in [6.45, 7) is 5.50. The minimum atomic E-state index is -0.287. The summed E-state index contributed by atoms with van der Waals surface area (Å²) >= 11 is 0. The van der Waals surface area contributed by atoms with Crippen LogP contribution in [0.5, 0.6) is 0 Å². The van der Waals surface area contributed by atoms with E-state index in [4.69, 9.17) is 11.5 Å². The molecule has 1 saturated heterocycles. The molecular weight excluding hydrogens is 204 g/mol. The Bertz CT molecular complexity index is 210. The van der Waals surface area contributed by atoms with E-state index in [9.17, 15) is 4.79 Å². The predicted octanol–water partition coefficient (Wildman–Crippen LogP) is 0.202. The third-order valence-electron chi connectivity index (χ3n) is 3.08. The van der Waals surface area contributed by atoms with Crippen molar-refractivity contribution in [2.45, 2.75) is 25.7 Å². The van der Waals surface area contributed by atoms with Crippen LogP contribution in [0.4, 0.5) is 4.79 Å². The Morgan fingerprint density at radius 2 is 1.88 bits per heavy atom. The summed E-state index contributed by atoms with van der Waals surface area (Å²) in [4.78, 5) is 15.2. The van der Waals surface area contributed by atoms with Crippen LogP contribution in [0.1, 0.15) is 25.7 Å². The molecule has 94 valence electrons. The van der Waals surface area contributed by atoms with Gasteiger partial charge in [0.25, 0.3) is 0 Å². The molecule has 5 nitrogen and oxygen atoms in total. The summed E-state index contributed by atoms with van der Waals surface area (Å²) in [5, 5.41) is 0. The van der Waals surface area contributed by atoms with Crippen LogP contribution in [0.15, 0.2) is 0 Å². The number of hydrogen-bond donors (Lipinski definition) is 2. The molecule has 1 heterocycles. The van der Waals surface area contributed by atoms with Crippen molar-refractivity contribution < 1.29 is 4.79 Å². The lowest BCUT2D eigenvalue weighted by atomic mass is 10.2. The monoisotopic (exact) mass is 228 g/mol. The number of nitrogens with zero attached hydrogens (tertiary/aromatic N) is 2. The maximum Gasteiger partial charge on any atom is 0.314 e. The highest BCUT2D eigenvalue weighted by Crippen LogP contribution is 2.05. The SMILES string of the molecule is NCCCCCN1CCCN(C(N)=O)CC1. The number of carbonyl (C=O) groups excluding carboxylic acids is 1. The van der Waals surface area contributed by atoms with Crippen LogP contribution in [-0.4, -0.2) is 55.1 Å². The first-order chi connectivity index (χ1) is 7.74. The highest BCUT2D eigenvalue weighted by atomic mass is 16.2. The Labute approximate surface area is 97.7 Å². The molecular formula is C11H24N4O. The molecule has 4 N–H and O–H groups in total. The first kappa shape index (κ1) is 13.3. The molecule has 0 aromatic carbocycles. The summed E-state index contributed by atoms with van der Waals surface area (Å²) in [7, 11) is 0. The molecule has 0 aromatic rings. The molecule has 0 aliphatic carbocycles. The second-order valence-electron chi connectivity index (χ2n) is 4.37. The van der Waals surface area contributed by atoms with Gasteiger partial charge in [0, 0.05) is 19.6 Å². The van der Waals surface area contributed by atoms with Gasteiger partial charge < -0.3 is 21.3 Å². The Hall–Kier alpha value is -0.810. The van der Waals surface area contributed by atoms with Gasteiger partial charge in [0.1, 0.15) is 0 Å². The molecule has 0 atom stereocenters. The molecule has 0 saturated carbocycles. The van der Waals surface area contributed by atoms with Crippen LogP contribution >= 0.6 is 0 Å². The number of hydrogen-bond acceptors (Lipinski definition) is 3. The number of primary amides is 1. The second kappa shape index (κ2) is 7.46. The van der Waals surface area contributed by atoms with Gasteiger partial charge in [0.15, 0.2) is 0 Å². The zero-order valence-electron chi connectivity index (χ0n) is 10.0. The lowest BCUT2D eigenvalue weighted by Crippen LogP contribution is -2.38. The quantitative estimate of drug-likeness (QED) is 0.660. The first-order valence-electron chi connectivity index (χ1n) is 6.21. The van der Waals surface area contributed by atoms with Crippen molar-refractivity contribution in [1.82, 2.24) is 9.80 Å². The van der Waals surface area contributed by atoms with Crippen LogP contribution in [0.2, 0.25) is 0 Å². The van der Waals surface area contributed by atoms with Crippen molar-refractivity contribution in [1.29, 1.82) is 0 Å². The largest absolute Gasteiger partial charge is 0.351 e. The summed E-state index contributed by atoms with van der Waals surface area (Å²) in [5.74, 6) is 0. The third-order valence-corrected chi connectivity index (χ3v) is 3.08. The molecule has 0 aromatic heterocycles. The molecule has 1 aliphatic rings. The Morgan fingerprint density at radius 1 is 1.06 bits per heavy atom. The van der Waals surface area contributed by atoms with Gasteiger partial charge in [-0.2, -0.15) is 0 Å². The van der Waals surface area contributed by atoms with Gasteiger partial charge in [-0.1, -0.05) is 6.42 Å². The lowest BCUT2D eigenvalue weighted by molar-refractivity contribution is 0.207. The minimum absolute atomic E-state index is 0.287. The molecule has 2 amide bonds. The van der Waals surface area contributed by atoms with Crippen LogP contribution in [-0.2, 0) is 0 Å². The highest BCUT2D eigenvalue weighted by molar-refractivity contribution is 5.71. The zero-order valence-corrected chi connectivity index (χ0v) is 10.0. The third kappa shape index (κ3) is 4.81. The summed E-state index contributed by atoms with van der Waals surface area (Å²) in [5.41, 5.74) is 10.7. The van der Waals surface area contributed by atoms with Gasteiger partial charge in [0.05, 0.1) is 0 Å². The van der Waals surface area contributed by atoms with Crippen molar-refractivity contribution in [3.63, 3.8) is 0 Å². The van der Waals surface area contributed by atoms with E-state index in [1.165, 1.54) is 12.8 Å². The van der Waals surface area contributed by atoms with Crippen LogP contribution in [0.3, 0.4) is 0 Å². The number of carbonyl (C=O) groups is 1. The van der Waals surface area contributed by atoms with E-state index in [1.807, 2.05) is 0 Å². The number of urea groups is 1. The molecule has 1 rings (SSSR count). The average Bonchev–Trinajstić information content (AvgIpc) is 2.50. The summed E-state index contributed by atoms with van der Waals surface area (Å²) < 4.78 is 0. The van der Waals surface area contributed by atoms with Gasteiger partial charge in [-0.25, -0.2) is 4.79 Å². The van der Waals surface area contributed by atoms with Gasteiger partial charge >= 0.3 is 6.03 Å². The fourth-order valence-corrected chi connectivity index (χ4v) is 2.07. The van der Waals surface area contributed by atoms with Gasteiger partial charge in [-0.05, 0) is 38.9 Å². The molecule has 0 bridgehead atoms. The average molecular weight is 228 g/mol. The van der Waals surface area contributed by atoms with E-state index >= 15 is 0 Å². The molecule has 1 fully saturated rings. The Kier molecular flexibility index (Phi) is 6.18. The molecule has 5 heteroatoms. The van der Waals surface area contributed by atoms with E-state index in [1.54, 1.807) is 4.90 Å². The lowest BCUT2D eigenvalue weighted by Gasteiger charge is -2.20.